The van der Waals surface area contributed by atoms with Crippen molar-refractivity contribution < 1.29 is 9.59 Å². The Hall–Kier alpha value is -1.26. The van der Waals surface area contributed by atoms with E-state index >= 15 is 0 Å². The van der Waals surface area contributed by atoms with Crippen LogP contribution in [0.15, 0.2) is 18.2 Å². The number of rotatable bonds is 3. The number of alkyl halides is 2. The van der Waals surface area contributed by atoms with Gasteiger partial charge in [-0.05, 0) is 37.8 Å². The standard InChI is InChI=1S/C16H18Cl2N2O2/c1-10-5-4-6-11(15(22)20-7-2-3-8-20)13(10)19-14(21)12-9-16(12,17)18/h4-6,12H,2-3,7-9H2,1H3,(H,19,21). The van der Waals surface area contributed by atoms with Crippen molar-refractivity contribution in [2.75, 3.05) is 18.4 Å². The average molecular weight is 341 g/mol. The van der Waals surface area contributed by atoms with Gasteiger partial charge in [-0.2, -0.15) is 0 Å². The Kier molecular flexibility index (Phi) is 4.08. The van der Waals surface area contributed by atoms with Crippen LogP contribution >= 0.6 is 23.2 Å². The largest absolute Gasteiger partial charge is 0.339 e. The molecule has 4 nitrogen and oxygen atoms in total. The molecule has 1 saturated carbocycles. The van der Waals surface area contributed by atoms with Crippen LogP contribution in [0.4, 0.5) is 5.69 Å². The number of likely N-dealkylation sites (tertiary alicyclic amines) is 1. The summed E-state index contributed by atoms with van der Waals surface area (Å²) in [6.07, 6.45) is 2.51. The van der Waals surface area contributed by atoms with Crippen molar-refractivity contribution in [2.24, 2.45) is 5.92 Å². The van der Waals surface area contributed by atoms with Gasteiger partial charge in [0.15, 0.2) is 0 Å². The van der Waals surface area contributed by atoms with E-state index in [4.69, 9.17) is 23.2 Å². The van der Waals surface area contributed by atoms with Gasteiger partial charge < -0.3 is 10.2 Å². The minimum absolute atomic E-state index is 0.0321. The zero-order chi connectivity index (χ0) is 15.9. The Morgan fingerprint density at radius 2 is 1.91 bits per heavy atom. The number of hydrogen-bond donors (Lipinski definition) is 1. The number of benzene rings is 1. The molecule has 1 heterocycles. The predicted octanol–water partition coefficient (Wildman–Crippen LogP) is 3.36. The third-order valence-electron chi connectivity index (χ3n) is 4.29. The number of carbonyl (C=O) groups is 2. The summed E-state index contributed by atoms with van der Waals surface area (Å²) in [7, 11) is 0. The number of nitrogens with zero attached hydrogens (tertiary/aromatic N) is 1. The van der Waals surface area contributed by atoms with Crippen molar-refractivity contribution in [3.05, 3.63) is 29.3 Å². The maximum absolute atomic E-state index is 12.6. The van der Waals surface area contributed by atoms with E-state index in [-0.39, 0.29) is 11.8 Å². The van der Waals surface area contributed by atoms with Crippen LogP contribution in [0.1, 0.15) is 35.2 Å². The highest BCUT2D eigenvalue weighted by Crippen LogP contribution is 2.53. The number of anilines is 1. The van der Waals surface area contributed by atoms with Crippen LogP contribution < -0.4 is 5.32 Å². The van der Waals surface area contributed by atoms with Crippen molar-refractivity contribution >= 4 is 40.7 Å². The van der Waals surface area contributed by atoms with Gasteiger partial charge in [-0.15, -0.1) is 23.2 Å². The highest BCUT2D eigenvalue weighted by molar-refractivity contribution is 6.52. The predicted molar refractivity (Wildman–Crippen MR) is 87.5 cm³/mol. The van der Waals surface area contributed by atoms with Crippen LogP contribution in [0, 0.1) is 12.8 Å². The van der Waals surface area contributed by atoms with Crippen LogP contribution in [-0.2, 0) is 4.79 Å². The summed E-state index contributed by atoms with van der Waals surface area (Å²) in [6.45, 7) is 3.42. The van der Waals surface area contributed by atoms with E-state index in [1.807, 2.05) is 24.0 Å². The van der Waals surface area contributed by atoms with Crippen molar-refractivity contribution in [3.8, 4) is 0 Å². The average Bonchev–Trinajstić information content (AvgIpc) is 2.91. The van der Waals surface area contributed by atoms with Gasteiger partial charge >= 0.3 is 0 Å². The van der Waals surface area contributed by atoms with Gasteiger partial charge in [0.05, 0.1) is 17.2 Å². The first-order valence-electron chi connectivity index (χ1n) is 7.48. The van der Waals surface area contributed by atoms with Gasteiger partial charge in [-0.1, -0.05) is 12.1 Å². The van der Waals surface area contributed by atoms with Gasteiger partial charge in [0.1, 0.15) is 4.33 Å². The molecule has 2 fully saturated rings. The van der Waals surface area contributed by atoms with Gasteiger partial charge in [-0.3, -0.25) is 9.59 Å². The first kappa shape index (κ1) is 15.6. The SMILES string of the molecule is Cc1cccc(C(=O)N2CCCC2)c1NC(=O)C1CC1(Cl)Cl. The zero-order valence-electron chi connectivity index (χ0n) is 12.4. The minimum Gasteiger partial charge on any atom is -0.339 e. The van der Waals surface area contributed by atoms with E-state index in [2.05, 4.69) is 5.32 Å². The molecule has 0 bridgehead atoms. The second kappa shape index (κ2) is 5.74. The lowest BCUT2D eigenvalue weighted by molar-refractivity contribution is -0.117. The summed E-state index contributed by atoms with van der Waals surface area (Å²) in [5.41, 5.74) is 1.96. The molecule has 0 spiro atoms. The van der Waals surface area contributed by atoms with E-state index in [1.165, 1.54) is 0 Å². The van der Waals surface area contributed by atoms with Gasteiger partial charge in [0, 0.05) is 13.1 Å². The van der Waals surface area contributed by atoms with Gasteiger partial charge in [0.25, 0.3) is 5.91 Å². The Bertz CT molecular complexity index is 625. The molecule has 0 radical (unpaired) electrons. The van der Waals surface area contributed by atoms with E-state index in [9.17, 15) is 9.59 Å². The Labute approximate surface area is 139 Å². The third kappa shape index (κ3) is 2.95. The van der Waals surface area contributed by atoms with E-state index in [0.717, 1.165) is 31.5 Å². The second-order valence-corrected chi connectivity index (χ2v) is 7.55. The summed E-state index contributed by atoms with van der Waals surface area (Å²) in [5, 5.41) is 2.85. The van der Waals surface area contributed by atoms with Crippen molar-refractivity contribution in [1.82, 2.24) is 4.90 Å². The van der Waals surface area contributed by atoms with Crippen LogP contribution in [0.5, 0.6) is 0 Å². The van der Waals surface area contributed by atoms with Crippen molar-refractivity contribution in [2.45, 2.75) is 30.5 Å². The molecule has 1 N–H and O–H groups in total. The van der Waals surface area contributed by atoms with Crippen LogP contribution in [0.2, 0.25) is 0 Å². The number of aryl methyl sites for hydroxylation is 1. The molecule has 3 rings (SSSR count). The topological polar surface area (TPSA) is 49.4 Å². The molecule has 2 aliphatic rings. The molecular formula is C16H18Cl2N2O2. The van der Waals surface area contributed by atoms with Gasteiger partial charge in [0.2, 0.25) is 5.91 Å². The highest BCUT2D eigenvalue weighted by atomic mass is 35.5. The Balaban J connectivity index is 1.83. The Morgan fingerprint density at radius 3 is 2.50 bits per heavy atom. The third-order valence-corrected chi connectivity index (χ3v) is 5.12. The maximum atomic E-state index is 12.6. The summed E-state index contributed by atoms with van der Waals surface area (Å²) in [5.74, 6) is -0.671. The second-order valence-electron chi connectivity index (χ2n) is 6.00. The maximum Gasteiger partial charge on any atom is 0.255 e. The minimum atomic E-state index is -0.966. The van der Waals surface area contributed by atoms with Gasteiger partial charge in [-0.25, -0.2) is 0 Å². The number of halogens is 2. The monoisotopic (exact) mass is 340 g/mol. The molecule has 1 atom stereocenters. The molecule has 1 aromatic rings. The Morgan fingerprint density at radius 1 is 1.27 bits per heavy atom. The first-order valence-corrected chi connectivity index (χ1v) is 8.23. The number of nitrogens with one attached hydrogen (secondary N) is 1. The highest BCUT2D eigenvalue weighted by Gasteiger charge is 2.56. The van der Waals surface area contributed by atoms with Crippen LogP contribution in [-0.4, -0.2) is 34.1 Å². The molecule has 0 aromatic heterocycles. The first-order chi connectivity index (χ1) is 10.4. The summed E-state index contributed by atoms with van der Waals surface area (Å²) in [4.78, 5) is 26.7. The zero-order valence-corrected chi connectivity index (χ0v) is 13.9. The fourth-order valence-corrected chi connectivity index (χ4v) is 3.32. The van der Waals surface area contributed by atoms with Crippen LogP contribution in [0.25, 0.3) is 0 Å². The molecule has 1 aliphatic heterocycles. The molecular weight excluding hydrogens is 323 g/mol. The molecule has 1 aromatic carbocycles. The van der Waals surface area contributed by atoms with Crippen molar-refractivity contribution in [3.63, 3.8) is 0 Å². The van der Waals surface area contributed by atoms with E-state index in [1.54, 1.807) is 6.07 Å². The van der Waals surface area contributed by atoms with E-state index in [0.29, 0.717) is 17.7 Å². The molecule has 6 heteroatoms. The van der Waals surface area contributed by atoms with Crippen molar-refractivity contribution in [1.29, 1.82) is 0 Å². The number of para-hydroxylation sites is 1. The molecule has 22 heavy (non-hydrogen) atoms. The summed E-state index contributed by atoms with van der Waals surface area (Å²) in [6, 6.07) is 5.46. The van der Waals surface area contributed by atoms with Crippen LogP contribution in [0.3, 0.4) is 0 Å². The number of hydrogen-bond acceptors (Lipinski definition) is 2. The number of carbonyl (C=O) groups excluding carboxylic acids is 2. The molecule has 2 amide bonds. The number of amides is 2. The quantitative estimate of drug-likeness (QED) is 0.857. The fourth-order valence-electron chi connectivity index (χ4n) is 2.81. The lowest BCUT2D eigenvalue weighted by Crippen LogP contribution is -2.29. The fraction of sp³-hybridized carbons (Fsp3) is 0.500. The molecule has 118 valence electrons. The lowest BCUT2D eigenvalue weighted by atomic mass is 10.1. The molecule has 1 aliphatic carbocycles. The summed E-state index contributed by atoms with van der Waals surface area (Å²) >= 11 is 11.9. The molecule has 1 unspecified atom stereocenters. The lowest BCUT2D eigenvalue weighted by Gasteiger charge is -2.19. The van der Waals surface area contributed by atoms with E-state index < -0.39 is 10.3 Å². The molecule has 1 saturated heterocycles. The smallest absolute Gasteiger partial charge is 0.255 e. The normalized spacial score (nSPS) is 22.5. The summed E-state index contributed by atoms with van der Waals surface area (Å²) < 4.78 is -0.966.